The van der Waals surface area contributed by atoms with Crippen LogP contribution in [0.3, 0.4) is 0 Å². The van der Waals surface area contributed by atoms with Gasteiger partial charge in [0, 0.05) is 18.0 Å². The topological polar surface area (TPSA) is 65.1 Å². The number of carbonyl (C=O) groups is 2. The Bertz CT molecular complexity index is 756. The normalized spacial score (nSPS) is 13.0. The van der Waals surface area contributed by atoms with E-state index in [0.717, 1.165) is 12.2 Å². The van der Waals surface area contributed by atoms with Crippen LogP contribution >= 0.6 is 11.3 Å². The summed E-state index contributed by atoms with van der Waals surface area (Å²) in [5.74, 6) is 0.781. The van der Waals surface area contributed by atoms with Gasteiger partial charge in [0.1, 0.15) is 11.5 Å². The van der Waals surface area contributed by atoms with E-state index in [0.29, 0.717) is 18.8 Å². The average molecular weight is 375 g/mol. The number of fused-ring (bicyclic) bond motifs is 1. The monoisotopic (exact) mass is 375 g/mol. The molecule has 6 nitrogen and oxygen atoms in total. The molecule has 7 heteroatoms. The number of esters is 1. The molecule has 0 aliphatic carbocycles. The molecule has 0 spiro atoms. The van der Waals surface area contributed by atoms with Crippen molar-refractivity contribution in [1.82, 2.24) is 4.90 Å². The van der Waals surface area contributed by atoms with Gasteiger partial charge in [-0.1, -0.05) is 0 Å². The number of rotatable bonds is 7. The van der Waals surface area contributed by atoms with Crippen molar-refractivity contribution < 1.29 is 23.8 Å². The quantitative estimate of drug-likeness (QED) is 0.696. The van der Waals surface area contributed by atoms with E-state index in [1.807, 2.05) is 11.4 Å². The van der Waals surface area contributed by atoms with E-state index in [4.69, 9.17) is 14.2 Å². The van der Waals surface area contributed by atoms with Crippen molar-refractivity contribution in [3.8, 4) is 11.5 Å². The Labute approximate surface area is 156 Å². The number of ether oxygens (including phenoxy) is 3. The number of hydrogen-bond acceptors (Lipinski definition) is 6. The van der Waals surface area contributed by atoms with Gasteiger partial charge in [-0.05, 0) is 47.7 Å². The smallest absolute Gasteiger partial charge is 0.309 e. The van der Waals surface area contributed by atoms with E-state index in [2.05, 4.69) is 0 Å². The molecule has 0 N–H and O–H groups in total. The number of hydrogen-bond donors (Lipinski definition) is 0. The molecular weight excluding hydrogens is 354 g/mol. The number of amides is 1. The lowest BCUT2D eigenvalue weighted by Crippen LogP contribution is -2.38. The van der Waals surface area contributed by atoms with E-state index in [-0.39, 0.29) is 25.5 Å². The molecule has 0 atom stereocenters. The molecule has 1 aromatic carbocycles. The Hall–Kier alpha value is -2.54. The number of benzene rings is 1. The molecule has 0 unspecified atom stereocenters. The summed E-state index contributed by atoms with van der Waals surface area (Å²) in [6, 6.07) is 9.14. The number of methoxy groups -OCH3 is 1. The molecule has 0 radical (unpaired) electrons. The van der Waals surface area contributed by atoms with E-state index in [1.54, 1.807) is 47.6 Å². The summed E-state index contributed by atoms with van der Waals surface area (Å²) in [6.07, 6.45) is 0.955. The second-order valence-electron chi connectivity index (χ2n) is 5.87. The van der Waals surface area contributed by atoms with Crippen molar-refractivity contribution in [2.45, 2.75) is 19.4 Å². The van der Waals surface area contributed by atoms with E-state index >= 15 is 0 Å². The van der Waals surface area contributed by atoms with Crippen LogP contribution in [-0.2, 0) is 27.3 Å². The summed E-state index contributed by atoms with van der Waals surface area (Å²) in [5, 5.41) is 2.04. The fraction of sp³-hybridized carbons (Fsp3) is 0.368. The van der Waals surface area contributed by atoms with Crippen LogP contribution in [0.25, 0.3) is 0 Å². The Morgan fingerprint density at radius 2 is 1.92 bits per heavy atom. The number of thiophene rings is 1. The Balaban J connectivity index is 1.35. The first-order valence-corrected chi connectivity index (χ1v) is 9.29. The van der Waals surface area contributed by atoms with Crippen molar-refractivity contribution in [2.24, 2.45) is 0 Å². The average Bonchev–Trinajstić information content (AvgIpc) is 3.14. The molecule has 138 valence electrons. The molecule has 0 saturated heterocycles. The third-order valence-electron chi connectivity index (χ3n) is 4.15. The van der Waals surface area contributed by atoms with Gasteiger partial charge in [-0.2, -0.15) is 0 Å². The van der Waals surface area contributed by atoms with Gasteiger partial charge in [0.2, 0.25) is 0 Å². The third kappa shape index (κ3) is 4.76. The molecule has 0 saturated carbocycles. The highest BCUT2D eigenvalue weighted by Crippen LogP contribution is 2.24. The highest BCUT2D eigenvalue weighted by Gasteiger charge is 2.22. The highest BCUT2D eigenvalue weighted by atomic mass is 32.1. The van der Waals surface area contributed by atoms with E-state index in [9.17, 15) is 9.59 Å². The van der Waals surface area contributed by atoms with Crippen LogP contribution in [0.4, 0.5) is 0 Å². The van der Waals surface area contributed by atoms with Crippen LogP contribution in [-0.4, -0.2) is 43.6 Å². The van der Waals surface area contributed by atoms with Gasteiger partial charge in [-0.25, -0.2) is 0 Å². The molecule has 2 heterocycles. The van der Waals surface area contributed by atoms with E-state index in [1.165, 1.54) is 10.4 Å². The van der Waals surface area contributed by atoms with Crippen LogP contribution in [0, 0.1) is 0 Å². The Kier molecular flexibility index (Phi) is 6.12. The SMILES string of the molecule is COc1ccc(OCCC(=O)OCC(=O)N2CCc3sccc3C2)cc1. The lowest BCUT2D eigenvalue weighted by molar-refractivity contribution is -0.152. The van der Waals surface area contributed by atoms with Crippen molar-refractivity contribution in [3.63, 3.8) is 0 Å². The molecule has 1 amide bonds. The Morgan fingerprint density at radius 1 is 1.15 bits per heavy atom. The number of carbonyl (C=O) groups excluding carboxylic acids is 2. The van der Waals surface area contributed by atoms with Gasteiger partial charge in [-0.3, -0.25) is 9.59 Å². The molecule has 2 aromatic rings. The predicted molar refractivity (Wildman–Crippen MR) is 97.5 cm³/mol. The summed E-state index contributed by atoms with van der Waals surface area (Å²) in [5.41, 5.74) is 1.19. The maximum atomic E-state index is 12.2. The molecule has 26 heavy (non-hydrogen) atoms. The molecule has 0 bridgehead atoms. The van der Waals surface area contributed by atoms with Crippen molar-refractivity contribution in [2.75, 3.05) is 26.9 Å². The van der Waals surface area contributed by atoms with Gasteiger partial charge in [-0.15, -0.1) is 11.3 Å². The zero-order valence-electron chi connectivity index (χ0n) is 14.6. The fourth-order valence-corrected chi connectivity index (χ4v) is 3.58. The predicted octanol–water partition coefficient (Wildman–Crippen LogP) is 2.65. The van der Waals surface area contributed by atoms with E-state index < -0.39 is 5.97 Å². The summed E-state index contributed by atoms with van der Waals surface area (Å²) in [6.45, 7) is 1.24. The largest absolute Gasteiger partial charge is 0.497 e. The van der Waals surface area contributed by atoms with Gasteiger partial charge in [0.05, 0.1) is 20.1 Å². The summed E-state index contributed by atoms with van der Waals surface area (Å²) >= 11 is 1.72. The van der Waals surface area contributed by atoms with Gasteiger partial charge in [0.15, 0.2) is 6.61 Å². The summed E-state index contributed by atoms with van der Waals surface area (Å²) < 4.78 is 15.6. The first kappa shape index (κ1) is 18.3. The van der Waals surface area contributed by atoms with Crippen LogP contribution in [0.1, 0.15) is 16.9 Å². The minimum absolute atomic E-state index is 0.0913. The lowest BCUT2D eigenvalue weighted by Gasteiger charge is -2.26. The zero-order chi connectivity index (χ0) is 18.4. The molecule has 0 fully saturated rings. The molecule has 1 aromatic heterocycles. The molecule has 1 aliphatic rings. The number of nitrogens with zero attached hydrogens (tertiary/aromatic N) is 1. The van der Waals surface area contributed by atoms with Crippen molar-refractivity contribution >= 4 is 23.2 Å². The van der Waals surface area contributed by atoms with Crippen LogP contribution in [0.2, 0.25) is 0 Å². The lowest BCUT2D eigenvalue weighted by atomic mass is 10.1. The molecule has 3 rings (SSSR count). The van der Waals surface area contributed by atoms with Crippen molar-refractivity contribution in [1.29, 1.82) is 0 Å². The van der Waals surface area contributed by atoms with Crippen LogP contribution in [0.15, 0.2) is 35.7 Å². The standard InChI is InChI=1S/C19H21NO5S/c1-23-15-2-4-16(5-3-15)24-10-7-19(22)25-13-18(21)20-9-6-17-14(12-20)8-11-26-17/h2-5,8,11H,6-7,9-10,12-13H2,1H3. The maximum Gasteiger partial charge on any atom is 0.309 e. The Morgan fingerprint density at radius 3 is 2.69 bits per heavy atom. The summed E-state index contributed by atoms with van der Waals surface area (Å²) in [4.78, 5) is 27.1. The minimum atomic E-state index is -0.444. The van der Waals surface area contributed by atoms with Gasteiger partial charge < -0.3 is 19.1 Å². The summed E-state index contributed by atoms with van der Waals surface area (Å²) in [7, 11) is 1.59. The zero-order valence-corrected chi connectivity index (χ0v) is 15.4. The van der Waals surface area contributed by atoms with Crippen molar-refractivity contribution in [3.05, 3.63) is 46.2 Å². The minimum Gasteiger partial charge on any atom is -0.497 e. The molecule has 1 aliphatic heterocycles. The molecular formula is C19H21NO5S. The maximum absolute atomic E-state index is 12.2. The van der Waals surface area contributed by atoms with Crippen LogP contribution in [0.5, 0.6) is 11.5 Å². The first-order chi connectivity index (χ1) is 12.7. The second kappa shape index (κ2) is 8.71. The first-order valence-electron chi connectivity index (χ1n) is 8.41. The second-order valence-corrected chi connectivity index (χ2v) is 6.87. The fourth-order valence-electron chi connectivity index (χ4n) is 2.69. The van der Waals surface area contributed by atoms with Gasteiger partial charge >= 0.3 is 5.97 Å². The van der Waals surface area contributed by atoms with Crippen LogP contribution < -0.4 is 9.47 Å². The van der Waals surface area contributed by atoms with Gasteiger partial charge in [0.25, 0.3) is 5.91 Å². The highest BCUT2D eigenvalue weighted by molar-refractivity contribution is 7.10. The third-order valence-corrected chi connectivity index (χ3v) is 5.17.